The van der Waals surface area contributed by atoms with Crippen LogP contribution in [0.3, 0.4) is 0 Å². The first-order valence-electron chi connectivity index (χ1n) is 7.67. The first-order valence-corrected chi connectivity index (χ1v) is 8.61. The summed E-state index contributed by atoms with van der Waals surface area (Å²) in [5, 5.41) is 18.2. The Labute approximate surface area is 138 Å². The number of hydrogen-bond acceptors (Lipinski definition) is 4. The standard InChI is InChI=1S/C17H18N2O3S/c20-16(14-5-1-2-6-15(14)19(21)22)18-12-17(8-3-4-9-17)13-7-10-23-11-13/h1-2,5-7,10-11H,3-4,8-9,12H2,(H,18,20). The van der Waals surface area contributed by atoms with Gasteiger partial charge in [0.05, 0.1) is 4.92 Å². The summed E-state index contributed by atoms with van der Waals surface area (Å²) in [4.78, 5) is 23.0. The molecule has 5 nitrogen and oxygen atoms in total. The fourth-order valence-corrected chi connectivity index (χ4v) is 4.13. The van der Waals surface area contributed by atoms with Crippen molar-refractivity contribution in [3.05, 3.63) is 62.3 Å². The van der Waals surface area contributed by atoms with Gasteiger partial charge in [-0.25, -0.2) is 0 Å². The van der Waals surface area contributed by atoms with E-state index in [0.29, 0.717) is 6.54 Å². The Morgan fingerprint density at radius 1 is 1.26 bits per heavy atom. The number of nitrogens with zero attached hydrogens (tertiary/aromatic N) is 1. The van der Waals surface area contributed by atoms with Crippen molar-refractivity contribution < 1.29 is 9.72 Å². The lowest BCUT2D eigenvalue weighted by molar-refractivity contribution is -0.385. The molecule has 0 saturated heterocycles. The normalized spacial score (nSPS) is 16.2. The second-order valence-electron chi connectivity index (χ2n) is 5.96. The van der Waals surface area contributed by atoms with E-state index in [9.17, 15) is 14.9 Å². The van der Waals surface area contributed by atoms with Crippen LogP contribution in [0.15, 0.2) is 41.1 Å². The van der Waals surface area contributed by atoms with Crippen LogP contribution in [0.1, 0.15) is 41.6 Å². The molecular formula is C17H18N2O3S. The molecule has 1 aliphatic carbocycles. The molecule has 2 aromatic rings. The average molecular weight is 330 g/mol. The van der Waals surface area contributed by atoms with E-state index in [2.05, 4.69) is 22.1 Å². The number of carbonyl (C=O) groups excluding carboxylic acids is 1. The number of nitro groups is 1. The first kappa shape index (κ1) is 15.7. The minimum Gasteiger partial charge on any atom is -0.351 e. The van der Waals surface area contributed by atoms with Crippen molar-refractivity contribution in [2.75, 3.05) is 6.54 Å². The predicted octanol–water partition coefficient (Wildman–Crippen LogP) is 3.90. The number of nitrogens with one attached hydrogen (secondary N) is 1. The maximum absolute atomic E-state index is 12.4. The molecule has 1 N–H and O–H groups in total. The van der Waals surface area contributed by atoms with E-state index in [1.54, 1.807) is 23.5 Å². The number of rotatable bonds is 5. The van der Waals surface area contributed by atoms with Gasteiger partial charge in [0.1, 0.15) is 5.56 Å². The number of para-hydroxylation sites is 1. The second-order valence-corrected chi connectivity index (χ2v) is 6.74. The lowest BCUT2D eigenvalue weighted by Gasteiger charge is -2.28. The van der Waals surface area contributed by atoms with E-state index < -0.39 is 4.92 Å². The van der Waals surface area contributed by atoms with Gasteiger partial charge < -0.3 is 5.32 Å². The van der Waals surface area contributed by atoms with E-state index in [1.807, 2.05) is 0 Å². The van der Waals surface area contributed by atoms with Gasteiger partial charge in [-0.2, -0.15) is 11.3 Å². The van der Waals surface area contributed by atoms with Crippen LogP contribution in [0.25, 0.3) is 0 Å². The van der Waals surface area contributed by atoms with Crippen molar-refractivity contribution in [3.63, 3.8) is 0 Å². The summed E-state index contributed by atoms with van der Waals surface area (Å²) in [6, 6.07) is 8.19. The zero-order chi connectivity index (χ0) is 16.3. The molecule has 1 aliphatic rings. The van der Waals surface area contributed by atoms with Crippen molar-refractivity contribution in [1.82, 2.24) is 5.32 Å². The molecule has 0 atom stereocenters. The Hall–Kier alpha value is -2.21. The highest BCUT2D eigenvalue weighted by Crippen LogP contribution is 2.41. The van der Waals surface area contributed by atoms with Crippen LogP contribution in [-0.2, 0) is 5.41 Å². The van der Waals surface area contributed by atoms with Crippen LogP contribution in [-0.4, -0.2) is 17.4 Å². The number of benzene rings is 1. The van der Waals surface area contributed by atoms with Gasteiger partial charge >= 0.3 is 0 Å². The lowest BCUT2D eigenvalue weighted by atomic mass is 9.80. The molecule has 1 aromatic heterocycles. The summed E-state index contributed by atoms with van der Waals surface area (Å²) in [6.07, 6.45) is 4.39. The molecule has 23 heavy (non-hydrogen) atoms. The smallest absolute Gasteiger partial charge is 0.282 e. The Balaban J connectivity index is 1.77. The van der Waals surface area contributed by atoms with Gasteiger partial charge in [-0.3, -0.25) is 14.9 Å². The van der Waals surface area contributed by atoms with E-state index >= 15 is 0 Å². The topological polar surface area (TPSA) is 72.2 Å². The third kappa shape index (κ3) is 3.12. The molecule has 0 bridgehead atoms. The van der Waals surface area contributed by atoms with E-state index in [4.69, 9.17) is 0 Å². The Bertz CT molecular complexity index is 706. The summed E-state index contributed by atoms with van der Waals surface area (Å²) < 4.78 is 0. The summed E-state index contributed by atoms with van der Waals surface area (Å²) in [7, 11) is 0. The number of thiophene rings is 1. The molecule has 3 rings (SSSR count). The maximum atomic E-state index is 12.4. The van der Waals surface area contributed by atoms with Crippen LogP contribution >= 0.6 is 11.3 Å². The SMILES string of the molecule is O=C(NCC1(c2ccsc2)CCCC1)c1ccccc1[N+](=O)[O-]. The fourth-order valence-electron chi connectivity index (χ4n) is 3.36. The predicted molar refractivity (Wildman–Crippen MR) is 89.9 cm³/mol. The van der Waals surface area contributed by atoms with E-state index in [0.717, 1.165) is 25.7 Å². The van der Waals surface area contributed by atoms with Gasteiger partial charge in [-0.05, 0) is 41.3 Å². The highest BCUT2D eigenvalue weighted by Gasteiger charge is 2.36. The third-order valence-corrected chi connectivity index (χ3v) is 5.31. The van der Waals surface area contributed by atoms with Crippen molar-refractivity contribution in [1.29, 1.82) is 0 Å². The summed E-state index contributed by atoms with van der Waals surface area (Å²) in [5.41, 5.74) is 1.21. The summed E-state index contributed by atoms with van der Waals surface area (Å²) >= 11 is 1.66. The monoisotopic (exact) mass is 330 g/mol. The molecule has 0 aliphatic heterocycles. The largest absolute Gasteiger partial charge is 0.351 e. The first-order chi connectivity index (χ1) is 11.1. The maximum Gasteiger partial charge on any atom is 0.282 e. The van der Waals surface area contributed by atoms with Gasteiger partial charge in [0.15, 0.2) is 0 Å². The molecule has 0 spiro atoms. The van der Waals surface area contributed by atoms with Crippen LogP contribution in [0.4, 0.5) is 5.69 Å². The zero-order valence-electron chi connectivity index (χ0n) is 12.7. The van der Waals surface area contributed by atoms with Crippen LogP contribution in [0.2, 0.25) is 0 Å². The molecule has 0 radical (unpaired) electrons. The molecular weight excluding hydrogens is 312 g/mol. The molecule has 1 heterocycles. The highest BCUT2D eigenvalue weighted by molar-refractivity contribution is 7.08. The third-order valence-electron chi connectivity index (χ3n) is 4.63. The quantitative estimate of drug-likeness (QED) is 0.667. The fraction of sp³-hybridized carbons (Fsp3) is 0.353. The molecule has 1 aromatic carbocycles. The van der Waals surface area contributed by atoms with Crippen molar-refractivity contribution in [2.24, 2.45) is 0 Å². The van der Waals surface area contributed by atoms with Crippen molar-refractivity contribution in [3.8, 4) is 0 Å². The minimum absolute atomic E-state index is 0.0286. The van der Waals surface area contributed by atoms with Crippen LogP contribution < -0.4 is 5.32 Å². The molecule has 0 unspecified atom stereocenters. The van der Waals surface area contributed by atoms with Crippen LogP contribution in [0, 0.1) is 10.1 Å². The second kappa shape index (κ2) is 6.50. The molecule has 1 saturated carbocycles. The summed E-state index contributed by atoms with van der Waals surface area (Å²) in [5.74, 6) is -0.376. The van der Waals surface area contributed by atoms with Gasteiger partial charge in [0.25, 0.3) is 11.6 Å². The van der Waals surface area contributed by atoms with Gasteiger partial charge in [0.2, 0.25) is 0 Å². The molecule has 1 amide bonds. The van der Waals surface area contributed by atoms with Gasteiger partial charge in [-0.15, -0.1) is 0 Å². The Kier molecular flexibility index (Phi) is 4.43. The number of nitro benzene ring substituents is 1. The Morgan fingerprint density at radius 3 is 2.65 bits per heavy atom. The van der Waals surface area contributed by atoms with Crippen molar-refractivity contribution in [2.45, 2.75) is 31.1 Å². The van der Waals surface area contributed by atoms with E-state index in [-0.39, 0.29) is 22.6 Å². The molecule has 6 heteroatoms. The van der Waals surface area contributed by atoms with Gasteiger partial charge in [-0.1, -0.05) is 25.0 Å². The average Bonchev–Trinajstić information content (AvgIpc) is 3.24. The van der Waals surface area contributed by atoms with Gasteiger partial charge in [0, 0.05) is 18.0 Å². The minimum atomic E-state index is -0.515. The number of carbonyl (C=O) groups is 1. The van der Waals surface area contributed by atoms with Crippen LogP contribution in [0.5, 0.6) is 0 Å². The van der Waals surface area contributed by atoms with Crippen molar-refractivity contribution >= 4 is 22.9 Å². The highest BCUT2D eigenvalue weighted by atomic mass is 32.1. The summed E-state index contributed by atoms with van der Waals surface area (Å²) in [6.45, 7) is 0.522. The molecule has 120 valence electrons. The number of amides is 1. The zero-order valence-corrected chi connectivity index (χ0v) is 13.5. The number of hydrogen-bond donors (Lipinski definition) is 1. The van der Waals surface area contributed by atoms with E-state index in [1.165, 1.54) is 17.7 Å². The Morgan fingerprint density at radius 2 is 2.00 bits per heavy atom. The molecule has 1 fully saturated rings. The lowest BCUT2D eigenvalue weighted by Crippen LogP contribution is -2.39.